The number of fused-ring (bicyclic) bond motifs is 1. The number of hydrogen-bond acceptors (Lipinski definition) is 10. The first-order valence-corrected chi connectivity index (χ1v) is 14.7. The zero-order chi connectivity index (χ0) is 28.9. The lowest BCUT2D eigenvalue weighted by molar-refractivity contribution is -0.163. The van der Waals surface area contributed by atoms with Crippen molar-refractivity contribution in [2.45, 2.75) is 90.1 Å². The first-order chi connectivity index (χ1) is 19.6. The molecular weight excluding hydrogens is 526 g/mol. The van der Waals surface area contributed by atoms with E-state index in [0.717, 1.165) is 24.2 Å². The number of carbonyl (C=O) groups is 2. The van der Waals surface area contributed by atoms with Gasteiger partial charge in [-0.25, -0.2) is 19.7 Å². The van der Waals surface area contributed by atoms with Crippen LogP contribution in [-0.4, -0.2) is 56.6 Å². The van der Waals surface area contributed by atoms with Crippen molar-refractivity contribution in [2.24, 2.45) is 29.1 Å². The number of anilines is 1. The number of terminal acetylenes is 1. The topological polar surface area (TPSA) is 141 Å². The summed E-state index contributed by atoms with van der Waals surface area (Å²) in [5, 5.41) is 0. The van der Waals surface area contributed by atoms with Crippen molar-refractivity contribution in [1.29, 1.82) is 0 Å². The van der Waals surface area contributed by atoms with Crippen LogP contribution >= 0.6 is 0 Å². The van der Waals surface area contributed by atoms with Gasteiger partial charge in [-0.1, -0.05) is 19.8 Å². The molecule has 11 heteroatoms. The number of ether oxygens (including phenoxy) is 4. The second kappa shape index (κ2) is 10.5. The van der Waals surface area contributed by atoms with Crippen molar-refractivity contribution in [3.05, 3.63) is 12.2 Å². The number of nitrogens with two attached hydrogens (primary N) is 1. The number of hydrogen-bond donors (Lipinski definition) is 1. The highest BCUT2D eigenvalue weighted by Crippen LogP contribution is 2.61. The molecule has 2 N–H and O–H groups in total. The lowest BCUT2D eigenvalue weighted by atomic mass is 9.49. The summed E-state index contributed by atoms with van der Waals surface area (Å²) in [5.74, 6) is 5.01. The van der Waals surface area contributed by atoms with Gasteiger partial charge in [0.05, 0.1) is 18.9 Å². The number of nitrogens with zero attached hydrogens (tertiary/aromatic N) is 4. The van der Waals surface area contributed by atoms with Gasteiger partial charge in [0.1, 0.15) is 30.3 Å². The van der Waals surface area contributed by atoms with E-state index in [0.29, 0.717) is 29.0 Å². The quantitative estimate of drug-likeness (QED) is 0.363. The molecule has 2 aromatic rings. The smallest absolute Gasteiger partial charge is 0.458 e. The molecule has 11 nitrogen and oxygen atoms in total. The molecule has 41 heavy (non-hydrogen) atoms. The monoisotopic (exact) mass is 565 g/mol. The lowest BCUT2D eigenvalue weighted by Crippen LogP contribution is -2.47. The Labute approximate surface area is 239 Å². The largest absolute Gasteiger partial charge is 0.508 e. The zero-order valence-corrected chi connectivity index (χ0v) is 24.0. The lowest BCUT2D eigenvalue weighted by Gasteiger charge is -2.57. The minimum absolute atomic E-state index is 0.196. The second-order valence-electron chi connectivity index (χ2n) is 13.0. The fourth-order valence-corrected chi connectivity index (χ4v) is 8.04. The molecule has 3 heterocycles. The molecule has 4 saturated carbocycles. The number of aromatic nitrogens is 4. The number of esters is 1. The Hall–Kier alpha value is -3.39. The summed E-state index contributed by atoms with van der Waals surface area (Å²) in [6.45, 7) is 5.16. The standard InChI is InChI=1S/C30H39N5O6/c1-5-30(15-39-28(37)38-7-6-29-12-19-8-20(13-29)10-21(9-19)14-29)22(40-27(36)17(2)3)11-23(41-30)35-16-32-24-25(31)33-18(4)34-26(24)35/h1,16-17,19-23H,6-15H2,2-4H3,(H2,31,33,34)/t19?,20?,21?,22-,23+,29?,30+/m0/s1. The van der Waals surface area contributed by atoms with Crippen molar-refractivity contribution < 1.29 is 28.5 Å². The molecule has 4 bridgehead atoms. The summed E-state index contributed by atoms with van der Waals surface area (Å²) >= 11 is 0. The van der Waals surface area contributed by atoms with Crippen molar-refractivity contribution >= 4 is 29.1 Å². The van der Waals surface area contributed by atoms with Crippen LogP contribution in [0.4, 0.5) is 10.6 Å². The maximum absolute atomic E-state index is 12.7. The SMILES string of the molecule is C#C[C@]1(COC(=O)OCCC23CC4CC(CC(C4)C2)C3)O[C@@H](n2cnc3c(N)nc(C)nc32)C[C@@H]1OC(=O)C(C)C. The van der Waals surface area contributed by atoms with Gasteiger partial charge in [-0.15, -0.1) is 6.42 Å². The van der Waals surface area contributed by atoms with Gasteiger partial charge in [0.15, 0.2) is 11.5 Å². The Kier molecular flexibility index (Phi) is 7.09. The second-order valence-corrected chi connectivity index (χ2v) is 13.0. The molecule has 5 fully saturated rings. The molecule has 0 radical (unpaired) electrons. The average Bonchev–Trinajstić information content (AvgIpc) is 3.48. The maximum atomic E-state index is 12.7. The number of carbonyl (C=O) groups excluding carboxylic acids is 2. The van der Waals surface area contributed by atoms with Crippen LogP contribution in [0.25, 0.3) is 11.2 Å². The summed E-state index contributed by atoms with van der Waals surface area (Å²) in [6.07, 6.45) is 14.0. The first-order valence-electron chi connectivity index (χ1n) is 14.7. The molecule has 0 unspecified atom stereocenters. The molecule has 4 aliphatic carbocycles. The van der Waals surface area contributed by atoms with E-state index in [2.05, 4.69) is 20.9 Å². The fraction of sp³-hybridized carbons (Fsp3) is 0.700. The van der Waals surface area contributed by atoms with Gasteiger partial charge in [-0.05, 0) is 75.0 Å². The maximum Gasteiger partial charge on any atom is 0.508 e. The van der Waals surface area contributed by atoms with Crippen LogP contribution in [0.15, 0.2) is 6.33 Å². The van der Waals surface area contributed by atoms with Crippen LogP contribution < -0.4 is 5.73 Å². The highest BCUT2D eigenvalue weighted by Gasteiger charge is 2.53. The van der Waals surface area contributed by atoms with Gasteiger partial charge in [-0.2, -0.15) is 0 Å². The van der Waals surface area contributed by atoms with E-state index < -0.39 is 30.1 Å². The van der Waals surface area contributed by atoms with E-state index in [-0.39, 0.29) is 24.8 Å². The Morgan fingerprint density at radius 2 is 1.83 bits per heavy atom. The van der Waals surface area contributed by atoms with Crippen LogP contribution in [-0.2, 0) is 23.7 Å². The van der Waals surface area contributed by atoms with E-state index in [1.165, 1.54) is 44.9 Å². The van der Waals surface area contributed by atoms with E-state index in [4.69, 9.17) is 31.1 Å². The predicted molar refractivity (Wildman–Crippen MR) is 148 cm³/mol. The van der Waals surface area contributed by atoms with Gasteiger partial charge in [-0.3, -0.25) is 9.36 Å². The molecule has 3 atom stereocenters. The third kappa shape index (κ3) is 5.23. The van der Waals surface area contributed by atoms with E-state index >= 15 is 0 Å². The highest BCUT2D eigenvalue weighted by molar-refractivity contribution is 5.81. The van der Waals surface area contributed by atoms with Crippen LogP contribution in [0.5, 0.6) is 0 Å². The number of aryl methyl sites for hydroxylation is 1. The molecule has 1 saturated heterocycles. The summed E-state index contributed by atoms with van der Waals surface area (Å²) in [4.78, 5) is 38.3. The van der Waals surface area contributed by atoms with E-state index in [1.54, 1.807) is 25.3 Å². The molecule has 2 aromatic heterocycles. The Balaban J connectivity index is 1.13. The molecule has 220 valence electrons. The number of nitrogen functional groups attached to an aromatic ring is 1. The number of imidazole rings is 1. The average molecular weight is 566 g/mol. The Bertz CT molecular complexity index is 1350. The third-order valence-corrected chi connectivity index (χ3v) is 9.55. The zero-order valence-electron chi connectivity index (χ0n) is 24.0. The molecular formula is C30H39N5O6. The van der Waals surface area contributed by atoms with Crippen LogP contribution in [0, 0.1) is 48.4 Å². The normalized spacial score (nSPS) is 33.7. The molecule has 0 aromatic carbocycles. The van der Waals surface area contributed by atoms with Gasteiger partial charge >= 0.3 is 12.1 Å². The van der Waals surface area contributed by atoms with Crippen molar-refractivity contribution in [2.75, 3.05) is 18.9 Å². The van der Waals surface area contributed by atoms with E-state index in [9.17, 15) is 9.59 Å². The van der Waals surface area contributed by atoms with Gasteiger partial charge in [0.25, 0.3) is 0 Å². The summed E-state index contributed by atoms with van der Waals surface area (Å²) < 4.78 is 24.8. The third-order valence-electron chi connectivity index (χ3n) is 9.55. The van der Waals surface area contributed by atoms with Crippen LogP contribution in [0.3, 0.4) is 0 Å². The van der Waals surface area contributed by atoms with Gasteiger partial charge in [0.2, 0.25) is 5.60 Å². The Morgan fingerprint density at radius 3 is 2.46 bits per heavy atom. The molecule has 1 aliphatic heterocycles. The molecule has 0 spiro atoms. The van der Waals surface area contributed by atoms with Gasteiger partial charge < -0.3 is 24.7 Å². The summed E-state index contributed by atoms with van der Waals surface area (Å²) in [6, 6.07) is 0. The first kappa shape index (κ1) is 27.8. The van der Waals surface area contributed by atoms with E-state index in [1.807, 2.05) is 0 Å². The molecule has 5 aliphatic rings. The minimum atomic E-state index is -1.53. The van der Waals surface area contributed by atoms with Crippen molar-refractivity contribution in [3.63, 3.8) is 0 Å². The van der Waals surface area contributed by atoms with Crippen LogP contribution in [0.2, 0.25) is 0 Å². The predicted octanol–water partition coefficient (Wildman–Crippen LogP) is 4.34. The fourth-order valence-electron chi connectivity index (χ4n) is 8.04. The van der Waals surface area contributed by atoms with Crippen molar-refractivity contribution in [1.82, 2.24) is 19.5 Å². The summed E-state index contributed by atoms with van der Waals surface area (Å²) in [5.41, 5.74) is 5.69. The van der Waals surface area contributed by atoms with Crippen LogP contribution in [0.1, 0.15) is 77.3 Å². The molecule has 7 rings (SSSR count). The highest BCUT2D eigenvalue weighted by atomic mass is 16.7. The molecule has 0 amide bonds. The Morgan fingerprint density at radius 1 is 1.15 bits per heavy atom. The van der Waals surface area contributed by atoms with Crippen molar-refractivity contribution in [3.8, 4) is 12.3 Å². The number of rotatable bonds is 8. The van der Waals surface area contributed by atoms with Gasteiger partial charge in [0, 0.05) is 6.42 Å². The minimum Gasteiger partial charge on any atom is -0.458 e. The summed E-state index contributed by atoms with van der Waals surface area (Å²) in [7, 11) is 0.